The SMILES string of the molecule is O=C(O)[C@@H]1COCCN1C(=O)c1csc2ccccc12. The maximum atomic E-state index is 12.6. The molecule has 1 fully saturated rings. The summed E-state index contributed by atoms with van der Waals surface area (Å²) in [5.41, 5.74) is 0.568. The molecule has 5 nitrogen and oxygen atoms in total. The van der Waals surface area contributed by atoms with Gasteiger partial charge in [0.05, 0.1) is 18.8 Å². The number of rotatable bonds is 2. The zero-order chi connectivity index (χ0) is 14.1. The standard InChI is InChI=1S/C14H13NO4S/c16-13(15-5-6-19-7-11(15)14(17)18)10-8-20-12-4-2-1-3-9(10)12/h1-4,8,11H,5-7H2,(H,17,18)/t11-/m0/s1. The molecule has 1 aliphatic rings. The second-order valence-electron chi connectivity index (χ2n) is 4.57. The minimum absolute atomic E-state index is 0.0448. The van der Waals surface area contributed by atoms with Crippen molar-refractivity contribution in [3.05, 3.63) is 35.2 Å². The number of aliphatic carboxylic acids is 1. The number of thiophene rings is 1. The van der Waals surface area contributed by atoms with Crippen LogP contribution in [0.25, 0.3) is 10.1 Å². The number of carbonyl (C=O) groups is 2. The third-order valence-corrected chi connectivity index (χ3v) is 4.35. The van der Waals surface area contributed by atoms with Gasteiger partial charge in [0.1, 0.15) is 0 Å². The van der Waals surface area contributed by atoms with E-state index >= 15 is 0 Å². The maximum absolute atomic E-state index is 12.6. The topological polar surface area (TPSA) is 66.8 Å². The van der Waals surface area contributed by atoms with Crippen LogP contribution in [-0.4, -0.2) is 47.7 Å². The van der Waals surface area contributed by atoms with Crippen LogP contribution in [0.2, 0.25) is 0 Å². The number of ether oxygens (including phenoxy) is 1. The van der Waals surface area contributed by atoms with Crippen LogP contribution in [0.3, 0.4) is 0 Å². The predicted octanol–water partition coefficient (Wildman–Crippen LogP) is 1.83. The van der Waals surface area contributed by atoms with Gasteiger partial charge in [0.15, 0.2) is 6.04 Å². The number of carboxylic acids is 1. The van der Waals surface area contributed by atoms with Gasteiger partial charge in [0.25, 0.3) is 5.91 Å². The normalized spacial score (nSPS) is 19.2. The summed E-state index contributed by atoms with van der Waals surface area (Å²) in [7, 11) is 0. The molecule has 0 bridgehead atoms. The van der Waals surface area contributed by atoms with E-state index in [2.05, 4.69) is 0 Å². The van der Waals surface area contributed by atoms with E-state index in [1.807, 2.05) is 24.3 Å². The molecule has 20 heavy (non-hydrogen) atoms. The average Bonchev–Trinajstić information content (AvgIpc) is 2.90. The van der Waals surface area contributed by atoms with Gasteiger partial charge in [0.2, 0.25) is 0 Å². The summed E-state index contributed by atoms with van der Waals surface area (Å²) in [6, 6.07) is 6.72. The molecule has 2 aromatic rings. The lowest BCUT2D eigenvalue weighted by molar-refractivity contribution is -0.147. The van der Waals surface area contributed by atoms with Crippen molar-refractivity contribution in [2.45, 2.75) is 6.04 Å². The number of morpholine rings is 1. The average molecular weight is 291 g/mol. The number of carbonyl (C=O) groups excluding carboxylic acids is 1. The minimum Gasteiger partial charge on any atom is -0.480 e. The number of benzene rings is 1. The van der Waals surface area contributed by atoms with Crippen LogP contribution in [0.5, 0.6) is 0 Å². The molecule has 2 heterocycles. The van der Waals surface area contributed by atoms with Crippen molar-refractivity contribution in [2.24, 2.45) is 0 Å². The van der Waals surface area contributed by atoms with Crippen molar-refractivity contribution < 1.29 is 19.4 Å². The van der Waals surface area contributed by atoms with Crippen LogP contribution < -0.4 is 0 Å². The van der Waals surface area contributed by atoms with Crippen LogP contribution in [0.15, 0.2) is 29.6 Å². The van der Waals surface area contributed by atoms with Gasteiger partial charge >= 0.3 is 5.97 Å². The molecule has 0 aliphatic carbocycles. The molecular weight excluding hydrogens is 278 g/mol. The van der Waals surface area contributed by atoms with Gasteiger partial charge in [-0.05, 0) is 6.07 Å². The van der Waals surface area contributed by atoms with Crippen LogP contribution in [-0.2, 0) is 9.53 Å². The molecule has 0 spiro atoms. The van der Waals surface area contributed by atoms with E-state index in [1.165, 1.54) is 16.2 Å². The minimum atomic E-state index is -1.03. The highest BCUT2D eigenvalue weighted by molar-refractivity contribution is 7.17. The Labute approximate surface area is 119 Å². The lowest BCUT2D eigenvalue weighted by Gasteiger charge is -2.32. The van der Waals surface area contributed by atoms with Crippen LogP contribution in [0.4, 0.5) is 0 Å². The van der Waals surface area contributed by atoms with Crippen molar-refractivity contribution in [1.29, 1.82) is 0 Å². The Morgan fingerprint density at radius 1 is 1.35 bits per heavy atom. The van der Waals surface area contributed by atoms with Crippen LogP contribution in [0, 0.1) is 0 Å². The smallest absolute Gasteiger partial charge is 0.328 e. The number of nitrogens with zero attached hydrogens (tertiary/aromatic N) is 1. The molecule has 0 saturated carbocycles. The highest BCUT2D eigenvalue weighted by atomic mass is 32.1. The van der Waals surface area contributed by atoms with Crippen LogP contribution >= 0.6 is 11.3 Å². The summed E-state index contributed by atoms with van der Waals surface area (Å²) in [4.78, 5) is 25.2. The Morgan fingerprint density at radius 2 is 2.15 bits per heavy atom. The fourth-order valence-corrected chi connectivity index (χ4v) is 3.28. The van der Waals surface area contributed by atoms with Crippen molar-refractivity contribution >= 4 is 33.3 Å². The molecule has 0 radical (unpaired) electrons. The van der Waals surface area contributed by atoms with E-state index in [0.717, 1.165) is 10.1 Å². The highest BCUT2D eigenvalue weighted by Crippen LogP contribution is 2.27. The lowest BCUT2D eigenvalue weighted by Crippen LogP contribution is -2.52. The molecule has 104 valence electrons. The molecule has 1 amide bonds. The molecule has 1 saturated heterocycles. The van der Waals surface area contributed by atoms with Crippen molar-refractivity contribution in [3.8, 4) is 0 Å². The van der Waals surface area contributed by atoms with Crippen LogP contribution in [0.1, 0.15) is 10.4 Å². The highest BCUT2D eigenvalue weighted by Gasteiger charge is 2.34. The van der Waals surface area contributed by atoms with Gasteiger partial charge in [-0.3, -0.25) is 4.79 Å². The van der Waals surface area contributed by atoms with Gasteiger partial charge in [-0.25, -0.2) is 4.79 Å². The molecule has 1 aromatic heterocycles. The second kappa shape index (κ2) is 5.22. The summed E-state index contributed by atoms with van der Waals surface area (Å²) in [6.07, 6.45) is 0. The fourth-order valence-electron chi connectivity index (χ4n) is 2.35. The predicted molar refractivity (Wildman–Crippen MR) is 75.1 cm³/mol. The van der Waals surface area contributed by atoms with Gasteiger partial charge in [-0.2, -0.15) is 0 Å². The fraction of sp³-hybridized carbons (Fsp3) is 0.286. The number of hydrogen-bond acceptors (Lipinski definition) is 4. The Balaban J connectivity index is 1.96. The number of amides is 1. The van der Waals surface area contributed by atoms with Crippen molar-refractivity contribution in [1.82, 2.24) is 4.90 Å². The molecule has 1 aromatic carbocycles. The third-order valence-electron chi connectivity index (χ3n) is 3.39. The van der Waals surface area contributed by atoms with E-state index in [1.54, 1.807) is 5.38 Å². The summed E-state index contributed by atoms with van der Waals surface area (Å²) in [6.45, 7) is 0.723. The monoisotopic (exact) mass is 291 g/mol. The van der Waals surface area contributed by atoms with Gasteiger partial charge in [-0.1, -0.05) is 18.2 Å². The summed E-state index contributed by atoms with van der Waals surface area (Å²) >= 11 is 1.49. The molecular formula is C14H13NO4S. The summed E-state index contributed by atoms with van der Waals surface area (Å²) in [5.74, 6) is -1.27. The van der Waals surface area contributed by atoms with E-state index in [9.17, 15) is 14.7 Å². The first-order chi connectivity index (χ1) is 9.68. The van der Waals surface area contributed by atoms with E-state index < -0.39 is 12.0 Å². The van der Waals surface area contributed by atoms with Crippen molar-refractivity contribution in [2.75, 3.05) is 19.8 Å². The quantitative estimate of drug-likeness (QED) is 0.916. The van der Waals surface area contributed by atoms with Gasteiger partial charge in [0, 0.05) is 22.0 Å². The Hall–Kier alpha value is -1.92. The maximum Gasteiger partial charge on any atom is 0.328 e. The largest absolute Gasteiger partial charge is 0.480 e. The first kappa shape index (κ1) is 13.1. The molecule has 1 N–H and O–H groups in total. The van der Waals surface area contributed by atoms with Crippen molar-refractivity contribution in [3.63, 3.8) is 0 Å². The molecule has 6 heteroatoms. The molecule has 1 aliphatic heterocycles. The van der Waals surface area contributed by atoms with Gasteiger partial charge in [-0.15, -0.1) is 11.3 Å². The number of carboxylic acid groups (broad SMARTS) is 1. The van der Waals surface area contributed by atoms with E-state index in [0.29, 0.717) is 18.7 Å². The summed E-state index contributed by atoms with van der Waals surface area (Å²) < 4.78 is 6.18. The third kappa shape index (κ3) is 2.17. The Kier molecular flexibility index (Phi) is 3.42. The first-order valence-electron chi connectivity index (χ1n) is 6.26. The van der Waals surface area contributed by atoms with E-state index in [4.69, 9.17) is 4.74 Å². The molecule has 0 unspecified atom stereocenters. The van der Waals surface area contributed by atoms with Gasteiger partial charge < -0.3 is 14.7 Å². The zero-order valence-electron chi connectivity index (χ0n) is 10.6. The zero-order valence-corrected chi connectivity index (χ0v) is 11.4. The molecule has 1 atom stereocenters. The number of fused-ring (bicyclic) bond motifs is 1. The lowest BCUT2D eigenvalue weighted by atomic mass is 10.1. The van der Waals surface area contributed by atoms with E-state index in [-0.39, 0.29) is 12.5 Å². The molecule has 3 rings (SSSR count). The second-order valence-corrected chi connectivity index (χ2v) is 5.48. The first-order valence-corrected chi connectivity index (χ1v) is 7.14. The number of hydrogen-bond donors (Lipinski definition) is 1. The summed E-state index contributed by atoms with van der Waals surface area (Å²) in [5, 5.41) is 11.9. The Morgan fingerprint density at radius 3 is 2.95 bits per heavy atom. The Bertz CT molecular complexity index is 666.